The molecule has 0 saturated carbocycles. The van der Waals surface area contributed by atoms with Crippen LogP contribution in [0.1, 0.15) is 302 Å². The van der Waals surface area contributed by atoms with Crippen LogP contribution in [0.4, 0.5) is 0 Å². The number of carboxylic acids is 1. The van der Waals surface area contributed by atoms with E-state index in [-0.39, 0.29) is 5.97 Å². The van der Waals surface area contributed by atoms with Crippen molar-refractivity contribution in [2.24, 2.45) is 0 Å². The summed E-state index contributed by atoms with van der Waals surface area (Å²) in [6.45, 7) is 3.42. The molecule has 0 aromatic carbocycles. The zero-order valence-corrected chi connectivity index (χ0v) is 37.2. The maximum Gasteiger partial charge on any atom is 0.310 e. The molecular weight excluding hydrogens is 677 g/mol. The van der Waals surface area contributed by atoms with Gasteiger partial charge in [-0.15, -0.1) is 0 Å². The minimum Gasteiger partial charge on any atom is -0.481 e. The number of unbranched alkanes of at least 4 members (excludes halogenated alkanes) is 44. The molecule has 0 amide bonds. The van der Waals surface area contributed by atoms with E-state index in [4.69, 9.17) is 9.84 Å². The Morgan fingerprint density at radius 1 is 0.291 bits per heavy atom. The molecular formula is C51H98O4. The van der Waals surface area contributed by atoms with Crippen LogP contribution in [-0.4, -0.2) is 17.0 Å². The van der Waals surface area contributed by atoms with Crippen LogP contribution in [0, 0.1) is 0 Å². The Balaban J connectivity index is 3.07. The van der Waals surface area contributed by atoms with Gasteiger partial charge in [-0.05, 0) is 12.8 Å². The lowest BCUT2D eigenvalue weighted by Crippen LogP contribution is -1.98. The molecule has 0 aliphatic carbocycles. The first-order valence-corrected chi connectivity index (χ1v) is 25.2. The van der Waals surface area contributed by atoms with Crippen molar-refractivity contribution in [2.75, 3.05) is 0 Å². The summed E-state index contributed by atoms with van der Waals surface area (Å²) in [5.74, 6) is -0.795. The number of hydrogen-bond acceptors (Lipinski definition) is 3. The summed E-state index contributed by atoms with van der Waals surface area (Å²) in [5, 5.41) is 8.66. The van der Waals surface area contributed by atoms with E-state index in [0.717, 1.165) is 25.7 Å². The Hall–Kier alpha value is -1.32. The fourth-order valence-electron chi connectivity index (χ4n) is 8.30. The molecule has 0 bridgehead atoms. The van der Waals surface area contributed by atoms with E-state index in [1.165, 1.54) is 270 Å². The number of hydrogen-bond donors (Lipinski definition) is 1. The molecule has 0 rings (SSSR count). The average molecular weight is 775 g/mol. The first-order chi connectivity index (χ1) is 27.2. The predicted molar refractivity (Wildman–Crippen MR) is 241 cm³/mol. The smallest absolute Gasteiger partial charge is 0.310 e. The summed E-state index contributed by atoms with van der Waals surface area (Å²) in [7, 11) is 0. The first kappa shape index (κ1) is 53.7. The third-order valence-electron chi connectivity index (χ3n) is 12.0. The summed E-state index contributed by atoms with van der Waals surface area (Å²) in [5.41, 5.74) is 0. The number of carbonyl (C=O) groups excluding carboxylic acids is 1. The molecule has 0 atom stereocenters. The molecule has 55 heavy (non-hydrogen) atoms. The highest BCUT2D eigenvalue weighted by Crippen LogP contribution is 2.18. The van der Waals surface area contributed by atoms with Gasteiger partial charge < -0.3 is 9.84 Å². The van der Waals surface area contributed by atoms with Crippen molar-refractivity contribution in [1.82, 2.24) is 0 Å². The molecule has 0 heterocycles. The van der Waals surface area contributed by atoms with Crippen LogP contribution in [0.25, 0.3) is 0 Å². The molecule has 0 aliphatic heterocycles. The number of ether oxygens (including phenoxy) is 1. The van der Waals surface area contributed by atoms with Gasteiger partial charge in [0.15, 0.2) is 0 Å². The number of esters is 1. The van der Waals surface area contributed by atoms with Crippen molar-refractivity contribution in [2.45, 2.75) is 302 Å². The Kier molecular flexibility index (Phi) is 47.7. The molecule has 4 nitrogen and oxygen atoms in total. The maximum absolute atomic E-state index is 11.3. The van der Waals surface area contributed by atoms with Crippen LogP contribution in [0.15, 0.2) is 12.8 Å². The van der Waals surface area contributed by atoms with Crippen molar-refractivity contribution in [1.29, 1.82) is 0 Å². The van der Waals surface area contributed by atoms with E-state index < -0.39 is 5.97 Å². The average Bonchev–Trinajstić information content (AvgIpc) is 3.17. The molecule has 326 valence electrons. The van der Waals surface area contributed by atoms with E-state index >= 15 is 0 Å². The first-order valence-electron chi connectivity index (χ1n) is 25.2. The monoisotopic (exact) mass is 775 g/mol. The van der Waals surface area contributed by atoms with Gasteiger partial charge in [-0.3, -0.25) is 9.59 Å². The number of rotatable bonds is 49. The van der Waals surface area contributed by atoms with Crippen LogP contribution in [0.2, 0.25) is 0 Å². The fourth-order valence-corrected chi connectivity index (χ4v) is 8.30. The Morgan fingerprint density at radius 3 is 0.582 bits per heavy atom. The van der Waals surface area contributed by atoms with Crippen molar-refractivity contribution in [3.8, 4) is 0 Å². The molecule has 0 saturated heterocycles. The van der Waals surface area contributed by atoms with E-state index in [1.807, 2.05) is 0 Å². The van der Waals surface area contributed by atoms with Gasteiger partial charge in [0.2, 0.25) is 0 Å². The van der Waals surface area contributed by atoms with Crippen LogP contribution in [0.3, 0.4) is 0 Å². The summed E-state index contributed by atoms with van der Waals surface area (Å²) >= 11 is 0. The molecule has 1 N–H and O–H groups in total. The largest absolute Gasteiger partial charge is 0.481 e. The fraction of sp³-hybridized carbons (Fsp3) is 0.922. The molecule has 0 unspecified atom stereocenters. The summed E-state index contributed by atoms with van der Waals surface area (Å²) < 4.78 is 4.75. The second kappa shape index (κ2) is 48.8. The Morgan fingerprint density at radius 2 is 0.436 bits per heavy atom. The summed E-state index contributed by atoms with van der Waals surface area (Å²) in [6, 6.07) is 0. The SMILES string of the molecule is C=COC(=O)CCCCCCCCCCCCCCCCCCCCCCCCCCCCCCCCCCCCCCCCCCCCCCCC(=O)O. The summed E-state index contributed by atoms with van der Waals surface area (Å²) in [6.07, 6.45) is 64.5. The Labute approximate surface area is 345 Å². The van der Waals surface area contributed by atoms with Gasteiger partial charge in [-0.1, -0.05) is 283 Å². The van der Waals surface area contributed by atoms with Crippen LogP contribution >= 0.6 is 0 Å². The zero-order chi connectivity index (χ0) is 39.8. The molecule has 0 spiro atoms. The summed E-state index contributed by atoms with van der Waals surface area (Å²) in [4.78, 5) is 21.8. The van der Waals surface area contributed by atoms with Gasteiger partial charge in [-0.25, -0.2) is 0 Å². The highest BCUT2D eigenvalue weighted by Gasteiger charge is 2.01. The van der Waals surface area contributed by atoms with Crippen molar-refractivity contribution in [3.05, 3.63) is 12.8 Å². The Bertz CT molecular complexity index is 764. The third-order valence-corrected chi connectivity index (χ3v) is 12.0. The van der Waals surface area contributed by atoms with E-state index in [1.54, 1.807) is 0 Å². The standard InChI is InChI=1S/C51H98O4/c1-2-55-51(54)49-47-45-43-41-39-37-35-33-31-29-27-25-23-21-19-17-15-13-11-9-7-5-3-4-6-8-10-12-14-16-18-20-22-24-26-28-30-32-34-36-38-40-42-44-46-48-50(52)53/h2H,1,3-49H2,(H,52,53). The number of carbonyl (C=O) groups is 2. The highest BCUT2D eigenvalue weighted by atomic mass is 16.5. The zero-order valence-electron chi connectivity index (χ0n) is 37.2. The third kappa shape index (κ3) is 50.7. The van der Waals surface area contributed by atoms with Gasteiger partial charge >= 0.3 is 11.9 Å². The molecule has 0 aliphatic rings. The molecule has 4 heteroatoms. The topological polar surface area (TPSA) is 63.6 Å². The minimum atomic E-state index is -0.649. The van der Waals surface area contributed by atoms with Crippen LogP contribution < -0.4 is 0 Å². The van der Waals surface area contributed by atoms with Crippen LogP contribution in [0.5, 0.6) is 0 Å². The van der Waals surface area contributed by atoms with Gasteiger partial charge in [0.25, 0.3) is 0 Å². The lowest BCUT2D eigenvalue weighted by Gasteiger charge is -2.05. The normalized spacial score (nSPS) is 11.3. The van der Waals surface area contributed by atoms with Crippen molar-refractivity contribution in [3.63, 3.8) is 0 Å². The maximum atomic E-state index is 11.3. The second-order valence-electron chi connectivity index (χ2n) is 17.5. The molecule has 0 aromatic heterocycles. The van der Waals surface area contributed by atoms with Crippen molar-refractivity contribution >= 4 is 11.9 Å². The van der Waals surface area contributed by atoms with Gasteiger partial charge in [0.1, 0.15) is 0 Å². The quantitative estimate of drug-likeness (QED) is 0.0380. The van der Waals surface area contributed by atoms with Gasteiger partial charge in [-0.2, -0.15) is 0 Å². The highest BCUT2D eigenvalue weighted by molar-refractivity contribution is 5.69. The molecule has 0 radical (unpaired) electrons. The van der Waals surface area contributed by atoms with E-state index in [9.17, 15) is 9.59 Å². The number of aliphatic carboxylic acids is 1. The number of carboxylic acid groups (broad SMARTS) is 1. The lowest BCUT2D eigenvalue weighted by molar-refractivity contribution is -0.138. The van der Waals surface area contributed by atoms with Gasteiger partial charge in [0, 0.05) is 12.8 Å². The van der Waals surface area contributed by atoms with Gasteiger partial charge in [0.05, 0.1) is 6.26 Å². The van der Waals surface area contributed by atoms with Crippen LogP contribution in [-0.2, 0) is 14.3 Å². The van der Waals surface area contributed by atoms with Crippen molar-refractivity contribution < 1.29 is 19.4 Å². The minimum absolute atomic E-state index is 0.145. The molecule has 0 aromatic rings. The lowest BCUT2D eigenvalue weighted by atomic mass is 10.0. The second-order valence-corrected chi connectivity index (χ2v) is 17.5. The van der Waals surface area contributed by atoms with E-state index in [2.05, 4.69) is 6.58 Å². The predicted octanol–water partition coefficient (Wildman–Crippen LogP) is 18.1. The molecule has 0 fully saturated rings. The van der Waals surface area contributed by atoms with E-state index in [0.29, 0.717) is 12.8 Å².